The SMILES string of the molecule is C=CS(=O)(=O)CC(=O)O[C@@H]1CCN([C@@H]2CCCC[C@H]2OCCc2ccc(OC)c(OC)c2)C1. The Labute approximate surface area is 196 Å². The number of likely N-dealkylation sites (tertiary alicyclic amines) is 1. The molecule has 1 aromatic carbocycles. The van der Waals surface area contributed by atoms with Crippen molar-refractivity contribution in [3.8, 4) is 11.5 Å². The van der Waals surface area contributed by atoms with E-state index in [0.29, 0.717) is 31.1 Å². The summed E-state index contributed by atoms with van der Waals surface area (Å²) in [6.07, 6.45) is 5.68. The summed E-state index contributed by atoms with van der Waals surface area (Å²) in [6, 6.07) is 6.19. The number of methoxy groups -OCH3 is 2. The number of hydrogen-bond acceptors (Lipinski definition) is 8. The van der Waals surface area contributed by atoms with E-state index in [0.717, 1.165) is 49.6 Å². The number of benzene rings is 1. The van der Waals surface area contributed by atoms with Crippen molar-refractivity contribution in [3.05, 3.63) is 35.7 Å². The Morgan fingerprint density at radius 3 is 2.64 bits per heavy atom. The highest BCUT2D eigenvalue weighted by atomic mass is 32.2. The van der Waals surface area contributed by atoms with Gasteiger partial charge in [0.15, 0.2) is 27.1 Å². The predicted molar refractivity (Wildman–Crippen MR) is 125 cm³/mol. The minimum Gasteiger partial charge on any atom is -0.493 e. The van der Waals surface area contributed by atoms with E-state index in [-0.39, 0.29) is 18.2 Å². The zero-order chi connectivity index (χ0) is 23.8. The maximum absolute atomic E-state index is 12.0. The van der Waals surface area contributed by atoms with Gasteiger partial charge in [-0.1, -0.05) is 25.5 Å². The quantitative estimate of drug-likeness (QED) is 0.446. The zero-order valence-electron chi connectivity index (χ0n) is 19.5. The van der Waals surface area contributed by atoms with Gasteiger partial charge >= 0.3 is 5.97 Å². The first kappa shape index (κ1) is 25.5. The number of carbonyl (C=O) groups is 1. The third kappa shape index (κ3) is 7.19. The molecule has 1 heterocycles. The van der Waals surface area contributed by atoms with Gasteiger partial charge in [-0.15, -0.1) is 0 Å². The van der Waals surface area contributed by atoms with Crippen LogP contribution in [0.15, 0.2) is 30.2 Å². The fraction of sp³-hybridized carbons (Fsp3) is 0.625. The third-order valence-corrected chi connectivity index (χ3v) is 7.50. The van der Waals surface area contributed by atoms with Gasteiger partial charge in [-0.25, -0.2) is 8.42 Å². The summed E-state index contributed by atoms with van der Waals surface area (Å²) in [6.45, 7) is 5.27. The molecule has 3 atom stereocenters. The molecule has 3 rings (SSSR count). The van der Waals surface area contributed by atoms with Crippen LogP contribution in [0.25, 0.3) is 0 Å². The highest BCUT2D eigenvalue weighted by Crippen LogP contribution is 2.30. The number of nitrogens with zero attached hydrogens (tertiary/aromatic N) is 1. The second kappa shape index (κ2) is 11.9. The molecule has 1 saturated carbocycles. The van der Waals surface area contributed by atoms with Crippen molar-refractivity contribution < 1.29 is 32.2 Å². The summed E-state index contributed by atoms with van der Waals surface area (Å²) in [7, 11) is -0.353. The van der Waals surface area contributed by atoms with Gasteiger partial charge in [0.2, 0.25) is 0 Å². The largest absolute Gasteiger partial charge is 0.493 e. The standard InChI is InChI=1S/C24H35NO7S/c1-4-33(27,28)17-24(26)32-19-11-13-25(16-19)20-7-5-6-8-21(20)31-14-12-18-9-10-22(29-2)23(15-18)30-3/h4,9-10,15,19-21H,1,5-8,11-14,16-17H2,2-3H3/t19-,20-,21-/m1/s1. The van der Waals surface area contributed by atoms with Crippen LogP contribution in [0.5, 0.6) is 11.5 Å². The second-order valence-electron chi connectivity index (χ2n) is 8.57. The molecule has 0 unspecified atom stereocenters. The number of ether oxygens (including phenoxy) is 4. The van der Waals surface area contributed by atoms with Crippen molar-refractivity contribution in [2.75, 3.05) is 39.7 Å². The lowest BCUT2D eigenvalue weighted by Crippen LogP contribution is -2.46. The maximum atomic E-state index is 12.0. The van der Waals surface area contributed by atoms with Gasteiger partial charge in [0.05, 0.1) is 26.9 Å². The number of hydrogen-bond donors (Lipinski definition) is 0. The summed E-state index contributed by atoms with van der Waals surface area (Å²) >= 11 is 0. The molecule has 1 aromatic rings. The molecule has 8 nitrogen and oxygen atoms in total. The molecule has 2 fully saturated rings. The van der Waals surface area contributed by atoms with E-state index in [1.54, 1.807) is 14.2 Å². The summed E-state index contributed by atoms with van der Waals surface area (Å²) in [5.41, 5.74) is 1.13. The van der Waals surface area contributed by atoms with Gasteiger partial charge < -0.3 is 18.9 Å². The summed E-state index contributed by atoms with van der Waals surface area (Å²) in [5.74, 6) is 0.0521. The van der Waals surface area contributed by atoms with Crippen LogP contribution in [-0.2, 0) is 30.5 Å². The molecular weight excluding hydrogens is 446 g/mol. The molecule has 0 radical (unpaired) electrons. The van der Waals surface area contributed by atoms with Crippen LogP contribution in [0, 0.1) is 0 Å². The Kier molecular flexibility index (Phi) is 9.17. The van der Waals surface area contributed by atoms with Gasteiger partial charge in [0.25, 0.3) is 0 Å². The average Bonchev–Trinajstić information content (AvgIpc) is 3.26. The van der Waals surface area contributed by atoms with E-state index in [9.17, 15) is 13.2 Å². The van der Waals surface area contributed by atoms with Crippen molar-refractivity contribution >= 4 is 15.8 Å². The Morgan fingerprint density at radius 2 is 1.91 bits per heavy atom. The van der Waals surface area contributed by atoms with Crippen molar-refractivity contribution in [1.82, 2.24) is 4.90 Å². The molecule has 2 aliphatic rings. The van der Waals surface area contributed by atoms with Gasteiger partial charge in [-0.2, -0.15) is 0 Å². The summed E-state index contributed by atoms with van der Waals surface area (Å²) in [5, 5.41) is 0.793. The van der Waals surface area contributed by atoms with Gasteiger partial charge in [0.1, 0.15) is 6.10 Å². The highest BCUT2D eigenvalue weighted by Gasteiger charge is 2.36. The average molecular weight is 482 g/mol. The first-order valence-electron chi connectivity index (χ1n) is 11.5. The van der Waals surface area contributed by atoms with E-state index in [1.165, 1.54) is 0 Å². The fourth-order valence-corrected chi connectivity index (χ4v) is 5.16. The first-order chi connectivity index (χ1) is 15.8. The Bertz CT molecular complexity index is 917. The summed E-state index contributed by atoms with van der Waals surface area (Å²) < 4.78 is 45.5. The number of esters is 1. The van der Waals surface area contributed by atoms with E-state index in [1.807, 2.05) is 18.2 Å². The lowest BCUT2D eigenvalue weighted by atomic mass is 9.91. The van der Waals surface area contributed by atoms with Crippen molar-refractivity contribution in [2.45, 2.75) is 56.8 Å². The second-order valence-corrected chi connectivity index (χ2v) is 10.5. The maximum Gasteiger partial charge on any atom is 0.321 e. The molecule has 0 spiro atoms. The van der Waals surface area contributed by atoms with Gasteiger partial charge in [-0.3, -0.25) is 9.69 Å². The molecule has 1 saturated heterocycles. The smallest absolute Gasteiger partial charge is 0.321 e. The molecule has 1 aliphatic carbocycles. The first-order valence-corrected chi connectivity index (χ1v) is 13.2. The number of carbonyl (C=O) groups excluding carboxylic acids is 1. The van der Waals surface area contributed by atoms with Crippen LogP contribution in [0.3, 0.4) is 0 Å². The molecule has 0 N–H and O–H groups in total. The van der Waals surface area contributed by atoms with Crippen LogP contribution >= 0.6 is 0 Å². The van der Waals surface area contributed by atoms with Crippen LogP contribution < -0.4 is 9.47 Å². The molecule has 0 aromatic heterocycles. The topological polar surface area (TPSA) is 91.4 Å². The fourth-order valence-electron chi connectivity index (χ4n) is 4.65. The van der Waals surface area contributed by atoms with Crippen LogP contribution in [0.2, 0.25) is 0 Å². The van der Waals surface area contributed by atoms with Crippen molar-refractivity contribution in [2.24, 2.45) is 0 Å². The van der Waals surface area contributed by atoms with Crippen molar-refractivity contribution in [3.63, 3.8) is 0 Å². The zero-order valence-corrected chi connectivity index (χ0v) is 20.3. The molecule has 1 aliphatic heterocycles. The highest BCUT2D eigenvalue weighted by molar-refractivity contribution is 7.94. The van der Waals surface area contributed by atoms with Crippen LogP contribution in [0.1, 0.15) is 37.7 Å². The number of rotatable bonds is 11. The Hall–Kier alpha value is -2.10. The minimum absolute atomic E-state index is 0.134. The lowest BCUT2D eigenvalue weighted by molar-refractivity contribution is -0.145. The molecule has 9 heteroatoms. The van der Waals surface area contributed by atoms with Crippen molar-refractivity contribution in [1.29, 1.82) is 0 Å². The van der Waals surface area contributed by atoms with Gasteiger partial charge in [-0.05, 0) is 43.4 Å². The minimum atomic E-state index is -3.60. The van der Waals surface area contributed by atoms with E-state index < -0.39 is 21.6 Å². The van der Waals surface area contributed by atoms with E-state index in [4.69, 9.17) is 18.9 Å². The molecule has 184 valence electrons. The predicted octanol–water partition coefficient (Wildman–Crippen LogP) is 2.75. The van der Waals surface area contributed by atoms with Crippen LogP contribution in [-0.4, -0.2) is 77.2 Å². The lowest BCUT2D eigenvalue weighted by Gasteiger charge is -2.37. The van der Waals surface area contributed by atoms with E-state index >= 15 is 0 Å². The molecule has 33 heavy (non-hydrogen) atoms. The van der Waals surface area contributed by atoms with E-state index in [2.05, 4.69) is 11.5 Å². The summed E-state index contributed by atoms with van der Waals surface area (Å²) in [4.78, 5) is 14.3. The normalized spacial score (nSPS) is 23.8. The molecule has 0 bridgehead atoms. The third-order valence-electron chi connectivity index (χ3n) is 6.35. The monoisotopic (exact) mass is 481 g/mol. The molecular formula is C24H35NO7S. The van der Waals surface area contributed by atoms with Gasteiger partial charge in [0, 0.05) is 24.5 Å². The Balaban J connectivity index is 1.50. The Morgan fingerprint density at radius 1 is 1.15 bits per heavy atom. The van der Waals surface area contributed by atoms with Crippen LogP contribution in [0.4, 0.5) is 0 Å². The number of sulfone groups is 1. The molecule has 0 amide bonds.